The second-order valence-corrected chi connectivity index (χ2v) is 6.72. The standard InChI is InChI=1S/C18H26FNO2/c1-12(2)14-9-8-13(3)10-16(14)20-18(21)11-22-17-7-5-4-6-15(17)19/h4-7,12-14,16H,8-11H2,1-3H3,(H,20,21)/t13-,14+,16-/m1/s1. The van der Waals surface area contributed by atoms with Gasteiger partial charge in [-0.1, -0.05) is 39.3 Å². The Labute approximate surface area is 132 Å². The summed E-state index contributed by atoms with van der Waals surface area (Å²) in [5.74, 6) is 1.19. The zero-order chi connectivity index (χ0) is 16.1. The molecule has 0 aromatic heterocycles. The summed E-state index contributed by atoms with van der Waals surface area (Å²) in [6.45, 7) is 6.49. The molecule has 0 radical (unpaired) electrons. The van der Waals surface area contributed by atoms with Crippen LogP contribution in [0.2, 0.25) is 0 Å². The molecule has 1 aliphatic rings. The molecule has 0 spiro atoms. The summed E-state index contributed by atoms with van der Waals surface area (Å²) >= 11 is 0. The first-order valence-corrected chi connectivity index (χ1v) is 8.14. The summed E-state index contributed by atoms with van der Waals surface area (Å²) in [7, 11) is 0. The van der Waals surface area contributed by atoms with Gasteiger partial charge >= 0.3 is 0 Å². The monoisotopic (exact) mass is 307 g/mol. The van der Waals surface area contributed by atoms with Gasteiger partial charge < -0.3 is 10.1 Å². The topological polar surface area (TPSA) is 38.3 Å². The summed E-state index contributed by atoms with van der Waals surface area (Å²) in [6, 6.07) is 6.33. The first-order valence-electron chi connectivity index (χ1n) is 8.14. The number of benzene rings is 1. The van der Waals surface area contributed by atoms with Crippen LogP contribution in [0.3, 0.4) is 0 Å². The zero-order valence-corrected chi connectivity index (χ0v) is 13.6. The average Bonchev–Trinajstić information content (AvgIpc) is 2.46. The van der Waals surface area contributed by atoms with Crippen molar-refractivity contribution in [3.05, 3.63) is 30.1 Å². The molecular formula is C18H26FNO2. The summed E-state index contributed by atoms with van der Waals surface area (Å²) in [4.78, 5) is 12.1. The fourth-order valence-electron chi connectivity index (χ4n) is 3.32. The maximum Gasteiger partial charge on any atom is 0.258 e. The SMILES string of the molecule is CC(C)[C@@H]1CC[C@@H](C)C[C@H]1NC(=O)COc1ccccc1F. The van der Waals surface area contributed by atoms with Crippen molar-refractivity contribution in [3.63, 3.8) is 0 Å². The predicted octanol–water partition coefficient (Wildman–Crippen LogP) is 3.78. The highest BCUT2D eigenvalue weighted by Gasteiger charge is 2.31. The van der Waals surface area contributed by atoms with Gasteiger partial charge in [0.05, 0.1) is 0 Å². The Kier molecular flexibility index (Phi) is 5.81. The fraction of sp³-hybridized carbons (Fsp3) is 0.611. The number of carbonyl (C=O) groups is 1. The molecule has 3 atom stereocenters. The molecule has 1 aliphatic carbocycles. The Balaban J connectivity index is 1.88. The van der Waals surface area contributed by atoms with Crippen LogP contribution < -0.4 is 10.1 Å². The molecule has 122 valence electrons. The van der Waals surface area contributed by atoms with Gasteiger partial charge in [0.2, 0.25) is 0 Å². The van der Waals surface area contributed by atoms with Crippen LogP contribution >= 0.6 is 0 Å². The normalized spacial score (nSPS) is 25.0. The van der Waals surface area contributed by atoms with Gasteiger partial charge in [0, 0.05) is 6.04 Å². The molecule has 1 N–H and O–H groups in total. The molecule has 4 heteroatoms. The lowest BCUT2D eigenvalue weighted by molar-refractivity contribution is -0.124. The number of rotatable bonds is 5. The number of hydrogen-bond donors (Lipinski definition) is 1. The molecule has 0 aliphatic heterocycles. The first-order chi connectivity index (χ1) is 10.5. The molecular weight excluding hydrogens is 281 g/mol. The molecule has 3 nitrogen and oxygen atoms in total. The predicted molar refractivity (Wildman–Crippen MR) is 85.2 cm³/mol. The lowest BCUT2D eigenvalue weighted by atomic mass is 9.74. The first kappa shape index (κ1) is 16.8. The van der Waals surface area contributed by atoms with Gasteiger partial charge in [0.15, 0.2) is 18.2 Å². The molecule has 0 heterocycles. The van der Waals surface area contributed by atoms with Crippen molar-refractivity contribution in [1.82, 2.24) is 5.32 Å². The van der Waals surface area contributed by atoms with E-state index in [9.17, 15) is 9.18 Å². The number of nitrogens with one attached hydrogen (secondary N) is 1. The van der Waals surface area contributed by atoms with E-state index in [1.807, 2.05) is 0 Å². The van der Waals surface area contributed by atoms with Crippen molar-refractivity contribution in [2.24, 2.45) is 17.8 Å². The third kappa shape index (κ3) is 4.46. The van der Waals surface area contributed by atoms with E-state index in [-0.39, 0.29) is 24.3 Å². The highest BCUT2D eigenvalue weighted by Crippen LogP contribution is 2.33. The maximum atomic E-state index is 13.5. The minimum atomic E-state index is -0.443. The molecule has 0 unspecified atom stereocenters. The van der Waals surface area contributed by atoms with Crippen molar-refractivity contribution in [2.45, 2.75) is 46.1 Å². The Hall–Kier alpha value is -1.58. The highest BCUT2D eigenvalue weighted by atomic mass is 19.1. The van der Waals surface area contributed by atoms with Crippen LogP contribution in [-0.4, -0.2) is 18.6 Å². The largest absolute Gasteiger partial charge is 0.481 e. The number of para-hydroxylation sites is 1. The molecule has 1 fully saturated rings. The Bertz CT molecular complexity index is 504. The van der Waals surface area contributed by atoms with Crippen molar-refractivity contribution in [2.75, 3.05) is 6.61 Å². The highest BCUT2D eigenvalue weighted by molar-refractivity contribution is 5.77. The van der Waals surface area contributed by atoms with Crippen molar-refractivity contribution >= 4 is 5.91 Å². The van der Waals surface area contributed by atoms with E-state index in [2.05, 4.69) is 26.1 Å². The smallest absolute Gasteiger partial charge is 0.258 e. The summed E-state index contributed by atoms with van der Waals surface area (Å²) < 4.78 is 18.7. The Morgan fingerprint density at radius 1 is 1.36 bits per heavy atom. The summed E-state index contributed by atoms with van der Waals surface area (Å²) in [6.07, 6.45) is 3.38. The molecule has 1 saturated carbocycles. The number of carbonyl (C=O) groups excluding carboxylic acids is 1. The Morgan fingerprint density at radius 2 is 2.09 bits per heavy atom. The third-order valence-corrected chi connectivity index (χ3v) is 4.56. The lowest BCUT2D eigenvalue weighted by Crippen LogP contribution is -2.47. The lowest BCUT2D eigenvalue weighted by Gasteiger charge is -2.37. The molecule has 1 aromatic rings. The van der Waals surface area contributed by atoms with Crippen LogP contribution in [0.25, 0.3) is 0 Å². The van der Waals surface area contributed by atoms with Gasteiger partial charge in [-0.2, -0.15) is 0 Å². The van der Waals surface area contributed by atoms with E-state index in [1.165, 1.54) is 18.6 Å². The number of halogens is 1. The number of ether oxygens (including phenoxy) is 1. The maximum absolute atomic E-state index is 13.5. The van der Waals surface area contributed by atoms with Gasteiger partial charge in [0.1, 0.15) is 0 Å². The van der Waals surface area contributed by atoms with Crippen molar-refractivity contribution in [1.29, 1.82) is 0 Å². The summed E-state index contributed by atoms with van der Waals surface area (Å²) in [5.41, 5.74) is 0. The van der Waals surface area contributed by atoms with Crippen LogP contribution in [-0.2, 0) is 4.79 Å². The second kappa shape index (κ2) is 7.61. The molecule has 1 amide bonds. The van der Waals surface area contributed by atoms with Crippen LogP contribution in [0.5, 0.6) is 5.75 Å². The van der Waals surface area contributed by atoms with Gasteiger partial charge in [-0.15, -0.1) is 0 Å². The van der Waals surface area contributed by atoms with Crippen molar-refractivity contribution < 1.29 is 13.9 Å². The minimum absolute atomic E-state index is 0.120. The molecule has 22 heavy (non-hydrogen) atoms. The second-order valence-electron chi connectivity index (χ2n) is 6.72. The third-order valence-electron chi connectivity index (χ3n) is 4.56. The molecule has 2 rings (SSSR count). The van der Waals surface area contributed by atoms with Crippen LogP contribution in [0.1, 0.15) is 40.0 Å². The number of hydrogen-bond acceptors (Lipinski definition) is 2. The van der Waals surface area contributed by atoms with E-state index in [1.54, 1.807) is 12.1 Å². The van der Waals surface area contributed by atoms with Crippen LogP contribution in [0.15, 0.2) is 24.3 Å². The van der Waals surface area contributed by atoms with E-state index >= 15 is 0 Å². The van der Waals surface area contributed by atoms with Gasteiger partial charge in [0.25, 0.3) is 5.91 Å². The van der Waals surface area contributed by atoms with E-state index in [0.29, 0.717) is 17.8 Å². The van der Waals surface area contributed by atoms with Crippen LogP contribution in [0, 0.1) is 23.6 Å². The average molecular weight is 307 g/mol. The molecule has 0 saturated heterocycles. The number of amides is 1. The van der Waals surface area contributed by atoms with Gasteiger partial charge in [-0.25, -0.2) is 4.39 Å². The fourth-order valence-corrected chi connectivity index (χ4v) is 3.32. The van der Waals surface area contributed by atoms with Crippen molar-refractivity contribution in [3.8, 4) is 5.75 Å². The van der Waals surface area contributed by atoms with Crippen LogP contribution in [0.4, 0.5) is 4.39 Å². The van der Waals surface area contributed by atoms with Gasteiger partial charge in [-0.3, -0.25) is 4.79 Å². The van der Waals surface area contributed by atoms with E-state index < -0.39 is 5.82 Å². The summed E-state index contributed by atoms with van der Waals surface area (Å²) in [5, 5.41) is 3.08. The molecule has 0 bridgehead atoms. The Morgan fingerprint density at radius 3 is 2.77 bits per heavy atom. The zero-order valence-electron chi connectivity index (χ0n) is 13.6. The molecule has 1 aromatic carbocycles. The van der Waals surface area contributed by atoms with E-state index in [4.69, 9.17) is 4.74 Å². The minimum Gasteiger partial charge on any atom is -0.481 e. The van der Waals surface area contributed by atoms with E-state index in [0.717, 1.165) is 12.8 Å². The van der Waals surface area contributed by atoms with Gasteiger partial charge in [-0.05, 0) is 42.7 Å². The quantitative estimate of drug-likeness (QED) is 0.899.